The van der Waals surface area contributed by atoms with E-state index in [1.54, 1.807) is 11.5 Å². The number of pyridine rings is 1. The third-order valence-corrected chi connectivity index (χ3v) is 4.76. The molecule has 0 spiro atoms. The van der Waals surface area contributed by atoms with Crippen molar-refractivity contribution >= 4 is 43.6 Å². The van der Waals surface area contributed by atoms with Crippen molar-refractivity contribution in [2.75, 3.05) is 0 Å². The van der Waals surface area contributed by atoms with Gasteiger partial charge in [-0.05, 0) is 51.3 Å². The van der Waals surface area contributed by atoms with E-state index >= 15 is 0 Å². The average Bonchev–Trinajstić information content (AvgIpc) is 2.64. The first kappa shape index (κ1) is 16.6. The monoisotopic (exact) mass is 418 g/mol. The van der Waals surface area contributed by atoms with Gasteiger partial charge in [0.1, 0.15) is 0 Å². The van der Waals surface area contributed by atoms with Gasteiger partial charge in [0.05, 0.1) is 15.4 Å². The van der Waals surface area contributed by atoms with E-state index in [4.69, 9.17) is 4.74 Å². The van der Waals surface area contributed by atoms with E-state index < -0.39 is 5.60 Å². The Kier molecular flexibility index (Phi) is 5.20. The molecule has 0 aliphatic carbocycles. The van der Waals surface area contributed by atoms with Gasteiger partial charge in [-0.15, -0.1) is 0 Å². The van der Waals surface area contributed by atoms with Crippen molar-refractivity contribution in [3.8, 4) is 0 Å². The molecule has 2 heterocycles. The average molecular weight is 420 g/mol. The van der Waals surface area contributed by atoms with Gasteiger partial charge in [-0.3, -0.25) is 9.59 Å². The van der Waals surface area contributed by atoms with E-state index in [2.05, 4.69) is 31.9 Å². The summed E-state index contributed by atoms with van der Waals surface area (Å²) in [6.07, 6.45) is 5.75. The van der Waals surface area contributed by atoms with Gasteiger partial charge in [-0.1, -0.05) is 13.3 Å². The van der Waals surface area contributed by atoms with Gasteiger partial charge in [0.15, 0.2) is 18.0 Å². The van der Waals surface area contributed by atoms with Crippen LogP contribution in [0.1, 0.15) is 33.1 Å². The zero-order chi connectivity index (χ0) is 15.6. The van der Waals surface area contributed by atoms with Crippen LogP contribution in [-0.2, 0) is 20.9 Å². The lowest BCUT2D eigenvalue weighted by molar-refractivity contribution is -0.686. The minimum absolute atomic E-state index is 0.0290. The predicted octanol–water partition coefficient (Wildman–Crippen LogP) is 3.19. The molecule has 1 aromatic heterocycles. The van der Waals surface area contributed by atoms with E-state index in [-0.39, 0.29) is 24.2 Å². The molecule has 1 fully saturated rings. The van der Waals surface area contributed by atoms with Crippen LogP contribution in [0.25, 0.3) is 0 Å². The molecule has 0 N–H and O–H groups in total. The van der Waals surface area contributed by atoms with E-state index in [9.17, 15) is 9.59 Å². The first-order valence-electron chi connectivity index (χ1n) is 6.95. The van der Waals surface area contributed by atoms with Gasteiger partial charge in [0.25, 0.3) is 0 Å². The van der Waals surface area contributed by atoms with Gasteiger partial charge < -0.3 is 4.74 Å². The van der Waals surface area contributed by atoms with Crippen LogP contribution in [0.3, 0.4) is 0 Å². The van der Waals surface area contributed by atoms with Crippen LogP contribution in [0.15, 0.2) is 27.4 Å². The Hall–Kier alpha value is -0.750. The van der Waals surface area contributed by atoms with Crippen molar-refractivity contribution < 1.29 is 18.9 Å². The Balaban J connectivity index is 2.19. The fourth-order valence-corrected chi connectivity index (χ4v) is 4.07. The van der Waals surface area contributed by atoms with Gasteiger partial charge in [0, 0.05) is 5.92 Å². The number of carbonyl (C=O) groups is 2. The van der Waals surface area contributed by atoms with Crippen molar-refractivity contribution in [1.82, 2.24) is 0 Å². The van der Waals surface area contributed by atoms with Gasteiger partial charge in [0.2, 0.25) is 12.3 Å². The van der Waals surface area contributed by atoms with Crippen LogP contribution in [0.4, 0.5) is 0 Å². The molecule has 1 aliphatic heterocycles. The maximum absolute atomic E-state index is 12.7. The third kappa shape index (κ3) is 3.72. The predicted molar refractivity (Wildman–Crippen MR) is 84.6 cm³/mol. The molecule has 1 saturated heterocycles. The Morgan fingerprint density at radius 3 is 2.62 bits per heavy atom. The quantitative estimate of drug-likeness (QED) is 0.543. The maximum Gasteiger partial charge on any atom is 0.307 e. The van der Waals surface area contributed by atoms with Crippen molar-refractivity contribution in [2.24, 2.45) is 5.92 Å². The number of halogens is 2. The van der Waals surface area contributed by atoms with Crippen LogP contribution in [0, 0.1) is 5.92 Å². The molecule has 0 amide bonds. The van der Waals surface area contributed by atoms with Crippen molar-refractivity contribution in [2.45, 2.75) is 45.3 Å². The summed E-state index contributed by atoms with van der Waals surface area (Å²) in [7, 11) is 0. The third-order valence-electron chi connectivity index (χ3n) is 3.89. The smallest absolute Gasteiger partial charge is 0.307 e. The first-order valence-corrected chi connectivity index (χ1v) is 8.54. The summed E-state index contributed by atoms with van der Waals surface area (Å²) in [6, 6.07) is 1.90. The van der Waals surface area contributed by atoms with E-state index in [1.807, 2.05) is 25.4 Å². The second-order valence-electron chi connectivity index (χ2n) is 5.54. The number of esters is 1. The highest BCUT2D eigenvalue weighted by Crippen LogP contribution is 2.36. The summed E-state index contributed by atoms with van der Waals surface area (Å²) < 4.78 is 8.93. The lowest BCUT2D eigenvalue weighted by Gasteiger charge is -2.26. The lowest BCUT2D eigenvalue weighted by atomic mass is 9.82. The highest BCUT2D eigenvalue weighted by Gasteiger charge is 2.51. The Bertz CT molecular complexity index is 556. The van der Waals surface area contributed by atoms with Crippen molar-refractivity contribution in [3.05, 3.63) is 27.4 Å². The summed E-state index contributed by atoms with van der Waals surface area (Å²) >= 11 is 6.80. The largest absolute Gasteiger partial charge is 0.451 e. The first-order chi connectivity index (χ1) is 9.85. The second kappa shape index (κ2) is 6.57. The molecule has 1 aliphatic rings. The Morgan fingerprint density at radius 2 is 2.05 bits per heavy atom. The zero-order valence-corrected chi connectivity index (χ0v) is 15.2. The molecular weight excluding hydrogens is 402 g/mol. The second-order valence-corrected chi connectivity index (χ2v) is 7.37. The van der Waals surface area contributed by atoms with Crippen LogP contribution < -0.4 is 4.57 Å². The summed E-state index contributed by atoms with van der Waals surface area (Å²) in [5, 5.41) is 0. The number of nitrogens with zero attached hydrogens (tertiary/aromatic N) is 1. The molecule has 0 radical (unpaired) electrons. The number of hydrogen-bond acceptors (Lipinski definition) is 3. The number of Topliss-reactive ketones (excluding diaryl/α,β-unsaturated/α-hetero) is 1. The molecule has 21 heavy (non-hydrogen) atoms. The van der Waals surface area contributed by atoms with Crippen molar-refractivity contribution in [3.63, 3.8) is 0 Å². The van der Waals surface area contributed by atoms with Gasteiger partial charge in [-0.25, -0.2) is 0 Å². The van der Waals surface area contributed by atoms with Crippen LogP contribution in [-0.4, -0.2) is 17.4 Å². The van der Waals surface area contributed by atoms with Crippen LogP contribution in [0.5, 0.6) is 0 Å². The summed E-state index contributed by atoms with van der Waals surface area (Å²) in [4.78, 5) is 24.3. The summed E-state index contributed by atoms with van der Waals surface area (Å²) in [5.74, 6) is -0.370. The molecule has 1 aromatic rings. The maximum atomic E-state index is 12.7. The molecule has 0 aromatic carbocycles. The van der Waals surface area contributed by atoms with Gasteiger partial charge >= 0.3 is 5.97 Å². The van der Waals surface area contributed by atoms with Crippen molar-refractivity contribution in [1.29, 1.82) is 0 Å². The number of aromatic nitrogens is 1. The number of ketones is 1. The summed E-state index contributed by atoms with van der Waals surface area (Å²) in [6.45, 7) is 3.98. The summed E-state index contributed by atoms with van der Waals surface area (Å²) in [5.41, 5.74) is -1.01. The SMILES string of the molecule is CCC[C@@H]1CC(=O)O[C@]1(C)C(=O)C[n+]1cc(Br)cc(Br)c1. The zero-order valence-electron chi connectivity index (χ0n) is 12.1. The lowest BCUT2D eigenvalue weighted by Crippen LogP contribution is -2.49. The molecule has 2 atom stereocenters. The normalized spacial score (nSPS) is 25.0. The Labute approximate surface area is 141 Å². The van der Waals surface area contributed by atoms with E-state index in [0.717, 1.165) is 21.8 Å². The fourth-order valence-electron chi connectivity index (χ4n) is 2.74. The highest BCUT2D eigenvalue weighted by atomic mass is 79.9. The molecule has 0 bridgehead atoms. The Morgan fingerprint density at radius 1 is 1.43 bits per heavy atom. The molecule has 4 nitrogen and oxygen atoms in total. The number of carbonyl (C=O) groups excluding carboxylic acids is 2. The van der Waals surface area contributed by atoms with Crippen LogP contribution in [0.2, 0.25) is 0 Å². The molecule has 0 saturated carbocycles. The molecular formula is C15H18Br2NO3+. The minimum atomic E-state index is -1.01. The topological polar surface area (TPSA) is 47.3 Å². The number of cyclic esters (lactones) is 1. The molecule has 6 heteroatoms. The number of rotatable bonds is 5. The highest BCUT2D eigenvalue weighted by molar-refractivity contribution is 9.11. The molecule has 114 valence electrons. The minimum Gasteiger partial charge on any atom is -0.451 e. The molecule has 2 rings (SSSR count). The fraction of sp³-hybridized carbons (Fsp3) is 0.533. The van der Waals surface area contributed by atoms with E-state index in [0.29, 0.717) is 6.42 Å². The van der Waals surface area contributed by atoms with Gasteiger partial charge in [-0.2, -0.15) is 4.57 Å². The molecule has 0 unspecified atom stereocenters. The van der Waals surface area contributed by atoms with Crippen LogP contribution >= 0.6 is 31.9 Å². The number of ether oxygens (including phenoxy) is 1. The standard InChI is InChI=1S/C15H18Br2NO3/c1-3-4-10-5-14(20)21-15(10,2)13(19)9-18-7-11(16)6-12(17)8-18/h6-8,10H,3-5,9H2,1-2H3/q+1/t10-,15+/m1/s1. The van der Waals surface area contributed by atoms with E-state index in [1.165, 1.54) is 0 Å². The number of hydrogen-bond donors (Lipinski definition) is 0.